The lowest BCUT2D eigenvalue weighted by Gasteiger charge is -2.30. The van der Waals surface area contributed by atoms with Crippen LogP contribution in [0.4, 0.5) is 5.69 Å². The first-order chi connectivity index (χ1) is 16.2. The van der Waals surface area contributed by atoms with Gasteiger partial charge in [-0.2, -0.15) is 0 Å². The summed E-state index contributed by atoms with van der Waals surface area (Å²) in [5.41, 5.74) is 2.42. The first kappa shape index (κ1) is 21.1. The Hall–Kier alpha value is -3.43. The lowest BCUT2D eigenvalue weighted by atomic mass is 9.75. The van der Waals surface area contributed by atoms with Crippen molar-refractivity contribution in [3.8, 4) is 11.5 Å². The van der Waals surface area contributed by atoms with E-state index < -0.39 is 41.3 Å². The number of rotatable bonds is 3. The van der Waals surface area contributed by atoms with Gasteiger partial charge in [0.25, 0.3) is 0 Å². The fraction of sp³-hybridized carbons (Fsp3) is 0.400. The number of nitrogens with one attached hydrogen (secondary N) is 2. The van der Waals surface area contributed by atoms with Gasteiger partial charge < -0.3 is 19.9 Å². The Kier molecular flexibility index (Phi) is 4.37. The van der Waals surface area contributed by atoms with Crippen molar-refractivity contribution >= 4 is 23.4 Å². The molecule has 1 spiro atoms. The summed E-state index contributed by atoms with van der Waals surface area (Å²) in [6.45, 7) is 5.57. The van der Waals surface area contributed by atoms with E-state index in [-0.39, 0.29) is 19.2 Å². The number of aliphatic hydroxyl groups excluding tert-OH is 1. The summed E-state index contributed by atoms with van der Waals surface area (Å²) in [4.78, 5) is 42.2. The summed E-state index contributed by atoms with van der Waals surface area (Å²) in [5, 5.41) is 16.7. The van der Waals surface area contributed by atoms with Crippen LogP contribution in [0.1, 0.15) is 29.2 Å². The lowest BCUT2D eigenvalue weighted by molar-refractivity contribution is -0.143. The maximum Gasteiger partial charge on any atom is 0.250 e. The SMILES string of the molecule is Cc1cc(C)c2c(c1)[C@@]1(N[C@H]([C@H](C)O)[C@H]3C(=O)N(Cc4ccc5c(c4)OCO5)C(=O)[C@H]31)C(=O)N2. The molecule has 2 fully saturated rings. The smallest absolute Gasteiger partial charge is 0.250 e. The fourth-order valence-corrected chi connectivity index (χ4v) is 6.04. The molecule has 0 aromatic heterocycles. The molecule has 4 heterocycles. The van der Waals surface area contributed by atoms with Gasteiger partial charge in [-0.15, -0.1) is 0 Å². The lowest BCUT2D eigenvalue weighted by Crippen LogP contribution is -2.54. The summed E-state index contributed by atoms with van der Waals surface area (Å²) in [6, 6.07) is 8.38. The number of benzene rings is 2. The van der Waals surface area contributed by atoms with Crippen LogP contribution < -0.4 is 20.1 Å². The van der Waals surface area contributed by atoms with Crippen LogP contribution in [0.2, 0.25) is 0 Å². The van der Waals surface area contributed by atoms with Crippen molar-refractivity contribution in [3.63, 3.8) is 0 Å². The first-order valence-corrected chi connectivity index (χ1v) is 11.3. The molecule has 5 atom stereocenters. The zero-order valence-electron chi connectivity index (χ0n) is 19.0. The van der Waals surface area contributed by atoms with Crippen LogP contribution in [0.3, 0.4) is 0 Å². The highest BCUT2D eigenvalue weighted by Gasteiger charge is 2.71. The average molecular weight is 463 g/mol. The molecule has 0 radical (unpaired) electrons. The van der Waals surface area contributed by atoms with Crippen LogP contribution in [0, 0.1) is 25.7 Å². The van der Waals surface area contributed by atoms with Gasteiger partial charge >= 0.3 is 0 Å². The monoisotopic (exact) mass is 463 g/mol. The molecule has 9 nitrogen and oxygen atoms in total. The topological polar surface area (TPSA) is 117 Å². The van der Waals surface area contributed by atoms with E-state index in [0.717, 1.165) is 11.1 Å². The Morgan fingerprint density at radius 2 is 1.88 bits per heavy atom. The second kappa shape index (κ2) is 7.04. The van der Waals surface area contributed by atoms with Crippen molar-refractivity contribution < 1.29 is 29.0 Å². The summed E-state index contributed by atoms with van der Waals surface area (Å²) >= 11 is 0. The molecule has 176 valence electrons. The number of aryl methyl sites for hydroxylation is 2. The number of likely N-dealkylation sites (tertiary alicyclic amines) is 1. The Labute approximate surface area is 196 Å². The standard InChI is InChI=1S/C25H25N3O6/c1-11-6-12(2)20-15(7-11)25(24(32)26-20)19-18(21(27-25)13(3)29)22(30)28(23(19)31)9-14-4-5-16-17(8-14)34-10-33-16/h4-8,13,18-19,21,27,29H,9-10H2,1-3H3,(H,26,32)/t13-,18-,19-,21+,25-/m0/s1. The Morgan fingerprint density at radius 3 is 2.65 bits per heavy atom. The fourth-order valence-electron chi connectivity index (χ4n) is 6.04. The summed E-state index contributed by atoms with van der Waals surface area (Å²) < 4.78 is 10.8. The summed E-state index contributed by atoms with van der Waals surface area (Å²) in [5.74, 6) is -1.84. The van der Waals surface area contributed by atoms with E-state index in [1.165, 1.54) is 4.90 Å². The Morgan fingerprint density at radius 1 is 1.12 bits per heavy atom. The second-order valence-corrected chi connectivity index (χ2v) is 9.63. The number of nitrogens with zero attached hydrogens (tertiary/aromatic N) is 1. The minimum absolute atomic E-state index is 0.0469. The van der Waals surface area contributed by atoms with Crippen LogP contribution in [-0.4, -0.2) is 46.7 Å². The molecule has 0 bridgehead atoms. The van der Waals surface area contributed by atoms with E-state index >= 15 is 0 Å². The molecule has 3 amide bonds. The number of hydrogen-bond donors (Lipinski definition) is 3. The number of ether oxygens (including phenoxy) is 2. The van der Waals surface area contributed by atoms with Gasteiger partial charge in [0.1, 0.15) is 5.54 Å². The highest BCUT2D eigenvalue weighted by molar-refractivity contribution is 6.15. The van der Waals surface area contributed by atoms with Crippen LogP contribution in [0.15, 0.2) is 30.3 Å². The van der Waals surface area contributed by atoms with E-state index in [1.54, 1.807) is 25.1 Å². The van der Waals surface area contributed by atoms with Gasteiger partial charge in [-0.1, -0.05) is 23.8 Å². The van der Waals surface area contributed by atoms with E-state index in [9.17, 15) is 19.5 Å². The van der Waals surface area contributed by atoms with Gasteiger partial charge in [-0.3, -0.25) is 24.6 Å². The molecule has 2 aromatic carbocycles. The van der Waals surface area contributed by atoms with E-state index in [2.05, 4.69) is 10.6 Å². The van der Waals surface area contributed by atoms with E-state index in [0.29, 0.717) is 28.3 Å². The molecule has 3 N–H and O–H groups in total. The van der Waals surface area contributed by atoms with Gasteiger partial charge in [0.05, 0.1) is 24.5 Å². The molecule has 34 heavy (non-hydrogen) atoms. The van der Waals surface area contributed by atoms with Gasteiger partial charge in [0.15, 0.2) is 11.5 Å². The van der Waals surface area contributed by atoms with Crippen molar-refractivity contribution in [3.05, 3.63) is 52.6 Å². The number of anilines is 1. The zero-order chi connectivity index (χ0) is 23.9. The van der Waals surface area contributed by atoms with Gasteiger partial charge in [-0.05, 0) is 44.0 Å². The van der Waals surface area contributed by atoms with Gasteiger partial charge in [0.2, 0.25) is 24.5 Å². The largest absolute Gasteiger partial charge is 0.454 e. The highest BCUT2D eigenvalue weighted by Crippen LogP contribution is 2.54. The van der Waals surface area contributed by atoms with Crippen LogP contribution in [-0.2, 0) is 26.5 Å². The predicted octanol–water partition coefficient (Wildman–Crippen LogP) is 1.33. The molecule has 0 unspecified atom stereocenters. The predicted molar refractivity (Wildman–Crippen MR) is 120 cm³/mol. The Balaban J connectivity index is 1.44. The molecular formula is C25H25N3O6. The maximum atomic E-state index is 13.8. The van der Waals surface area contributed by atoms with Crippen molar-refractivity contribution in [2.45, 2.75) is 45.0 Å². The number of amides is 3. The second-order valence-electron chi connectivity index (χ2n) is 9.63. The number of imide groups is 1. The third kappa shape index (κ3) is 2.65. The molecule has 4 aliphatic heterocycles. The van der Waals surface area contributed by atoms with Gasteiger partial charge in [0, 0.05) is 17.3 Å². The third-order valence-corrected chi connectivity index (χ3v) is 7.49. The Bertz CT molecular complexity index is 1270. The third-order valence-electron chi connectivity index (χ3n) is 7.49. The van der Waals surface area contributed by atoms with Crippen LogP contribution in [0.25, 0.3) is 0 Å². The molecule has 4 aliphatic rings. The molecule has 6 rings (SSSR count). The molecule has 0 saturated carbocycles. The molecule has 2 aromatic rings. The van der Waals surface area contributed by atoms with E-state index in [4.69, 9.17) is 9.47 Å². The number of aliphatic hydroxyl groups is 1. The van der Waals surface area contributed by atoms with Crippen molar-refractivity contribution in [1.82, 2.24) is 10.2 Å². The maximum absolute atomic E-state index is 13.8. The minimum Gasteiger partial charge on any atom is -0.454 e. The van der Waals surface area contributed by atoms with Crippen LogP contribution >= 0.6 is 0 Å². The number of carbonyl (C=O) groups excluding carboxylic acids is 3. The number of hydrogen-bond acceptors (Lipinski definition) is 7. The quantitative estimate of drug-likeness (QED) is 0.588. The van der Waals surface area contributed by atoms with Crippen molar-refractivity contribution in [1.29, 1.82) is 0 Å². The normalized spacial score (nSPS) is 29.6. The molecule has 0 aliphatic carbocycles. The number of fused-ring (bicyclic) bond motifs is 5. The number of carbonyl (C=O) groups is 3. The highest BCUT2D eigenvalue weighted by atomic mass is 16.7. The van der Waals surface area contributed by atoms with Crippen LogP contribution in [0.5, 0.6) is 11.5 Å². The molecule has 9 heteroatoms. The van der Waals surface area contributed by atoms with E-state index in [1.807, 2.05) is 26.0 Å². The molecular weight excluding hydrogens is 438 g/mol. The minimum atomic E-state index is -1.42. The zero-order valence-corrected chi connectivity index (χ0v) is 19.0. The summed E-state index contributed by atoms with van der Waals surface area (Å²) in [6.07, 6.45) is -0.947. The first-order valence-electron chi connectivity index (χ1n) is 11.3. The van der Waals surface area contributed by atoms with Crippen molar-refractivity contribution in [2.75, 3.05) is 12.1 Å². The average Bonchev–Trinajstić information content (AvgIpc) is 3.51. The van der Waals surface area contributed by atoms with Crippen molar-refractivity contribution in [2.24, 2.45) is 11.8 Å². The molecule has 2 saturated heterocycles. The van der Waals surface area contributed by atoms with Gasteiger partial charge in [-0.25, -0.2) is 0 Å². The summed E-state index contributed by atoms with van der Waals surface area (Å²) in [7, 11) is 0.